The Morgan fingerprint density at radius 3 is 1.60 bits per heavy atom. The lowest BCUT2D eigenvalue weighted by atomic mass is 10.1. The molecule has 0 aliphatic heterocycles. The minimum atomic E-state index is -5.47. The van der Waals surface area contributed by atoms with E-state index >= 15 is 0 Å². The van der Waals surface area contributed by atoms with Crippen molar-refractivity contribution in [2.24, 2.45) is 5.73 Å². The lowest BCUT2D eigenvalue weighted by Crippen LogP contribution is -2.46. The number of hydrogen-bond acceptors (Lipinski definition) is 6. The number of nitrogens with two attached hydrogens (primary N) is 1. The van der Waals surface area contributed by atoms with Gasteiger partial charge < -0.3 is 20.5 Å². The van der Waals surface area contributed by atoms with Gasteiger partial charge in [-0.05, 0) is 13.8 Å². The minimum absolute atomic E-state index is 0.362. The monoisotopic (exact) mass is 444 g/mol. The van der Waals surface area contributed by atoms with E-state index in [0.29, 0.717) is 11.0 Å². The van der Waals surface area contributed by atoms with Gasteiger partial charge in [-0.1, -0.05) is 0 Å². The predicted molar refractivity (Wildman–Crippen MR) is 88.1 cm³/mol. The van der Waals surface area contributed by atoms with Crippen LogP contribution in [0.1, 0.15) is 11.1 Å². The molecule has 15 heteroatoms. The molecule has 0 aliphatic rings. The Balaban J connectivity index is 3.77. The highest BCUT2D eigenvalue weighted by atomic mass is 19.4. The van der Waals surface area contributed by atoms with Crippen LogP contribution in [0.3, 0.4) is 0 Å². The topological polar surface area (TPSA) is 135 Å². The highest BCUT2D eigenvalue weighted by Crippen LogP contribution is 2.40. The van der Waals surface area contributed by atoms with Crippen molar-refractivity contribution >= 4 is 29.6 Å². The Bertz CT molecular complexity index is 845. The Morgan fingerprint density at radius 2 is 1.33 bits per heavy atom. The van der Waals surface area contributed by atoms with Gasteiger partial charge in [0.25, 0.3) is 0 Å². The van der Waals surface area contributed by atoms with E-state index in [4.69, 9.17) is 11.1 Å². The summed E-state index contributed by atoms with van der Waals surface area (Å²) >= 11 is 0. The molecule has 0 aliphatic carbocycles. The standard InChI is InChI=1S/C15H14F6N4O5/c1-5-7(29-10(26)14(16,17)18)4-8(30-11(27)15(19,20)21)6(2)9(5)25(12(22)23)13(28)24-3/h4H,1-3H3,(H3,22,23)(H,24,28). The van der Waals surface area contributed by atoms with Crippen molar-refractivity contribution in [3.8, 4) is 11.5 Å². The smallest absolute Gasteiger partial charge is 0.419 e. The van der Waals surface area contributed by atoms with E-state index in [9.17, 15) is 40.7 Å². The molecule has 166 valence electrons. The molecule has 0 aromatic heterocycles. The van der Waals surface area contributed by atoms with Crippen LogP contribution >= 0.6 is 0 Å². The third-order valence-electron chi connectivity index (χ3n) is 3.46. The zero-order valence-corrected chi connectivity index (χ0v) is 15.4. The summed E-state index contributed by atoms with van der Waals surface area (Å²) in [6.07, 6.45) is -10.9. The van der Waals surface area contributed by atoms with Gasteiger partial charge in [0, 0.05) is 24.2 Å². The van der Waals surface area contributed by atoms with Crippen molar-refractivity contribution < 1.29 is 50.2 Å². The molecule has 0 saturated heterocycles. The SMILES string of the molecule is CNC(=O)N(C(=N)N)c1c(C)c(OC(=O)C(F)(F)F)cc(OC(=O)C(F)(F)F)c1C. The number of rotatable bonds is 3. The molecule has 0 atom stereocenters. The van der Waals surface area contributed by atoms with Crippen LogP contribution in [-0.4, -0.2) is 43.3 Å². The highest BCUT2D eigenvalue weighted by molar-refractivity contribution is 6.15. The quantitative estimate of drug-likeness (QED) is 0.215. The first-order chi connectivity index (χ1) is 13.5. The number of carbonyl (C=O) groups is 3. The van der Waals surface area contributed by atoms with E-state index in [1.54, 1.807) is 0 Å². The van der Waals surface area contributed by atoms with Crippen LogP contribution in [0.15, 0.2) is 6.07 Å². The fraction of sp³-hybridized carbons (Fsp3) is 0.333. The maximum absolute atomic E-state index is 12.5. The second kappa shape index (κ2) is 8.46. The van der Waals surface area contributed by atoms with Gasteiger partial charge in [0.15, 0.2) is 0 Å². The molecule has 4 N–H and O–H groups in total. The second-order valence-corrected chi connectivity index (χ2v) is 5.52. The second-order valence-electron chi connectivity index (χ2n) is 5.52. The van der Waals surface area contributed by atoms with Crippen molar-refractivity contribution in [1.29, 1.82) is 5.41 Å². The Morgan fingerprint density at radius 1 is 0.967 bits per heavy atom. The number of esters is 2. The van der Waals surface area contributed by atoms with Crippen molar-refractivity contribution in [3.63, 3.8) is 0 Å². The third-order valence-corrected chi connectivity index (χ3v) is 3.46. The first-order valence-corrected chi connectivity index (χ1v) is 7.60. The average molecular weight is 444 g/mol. The van der Waals surface area contributed by atoms with E-state index in [-0.39, 0.29) is 0 Å². The number of hydrogen-bond donors (Lipinski definition) is 3. The molecule has 0 bridgehead atoms. The molecule has 1 aromatic carbocycles. The molecule has 1 rings (SSSR count). The number of nitrogens with zero attached hydrogens (tertiary/aromatic N) is 1. The number of ether oxygens (including phenoxy) is 2. The fourth-order valence-electron chi connectivity index (χ4n) is 2.16. The summed E-state index contributed by atoms with van der Waals surface area (Å²) in [7, 11) is 1.10. The molecule has 9 nitrogen and oxygen atoms in total. The summed E-state index contributed by atoms with van der Waals surface area (Å²) in [4.78, 5) is 34.8. The fourth-order valence-corrected chi connectivity index (χ4v) is 2.16. The normalized spacial score (nSPS) is 11.5. The molecule has 1 aromatic rings. The molecule has 0 unspecified atom stereocenters. The van der Waals surface area contributed by atoms with E-state index in [1.807, 2.05) is 0 Å². The number of anilines is 1. The van der Waals surface area contributed by atoms with Crippen LogP contribution in [0.5, 0.6) is 11.5 Å². The van der Waals surface area contributed by atoms with Crippen LogP contribution in [0.4, 0.5) is 36.8 Å². The number of halogens is 6. The van der Waals surface area contributed by atoms with Crippen molar-refractivity contribution in [2.75, 3.05) is 11.9 Å². The summed E-state index contributed by atoms with van der Waals surface area (Å²) in [6.45, 7) is 2.07. The summed E-state index contributed by atoms with van der Waals surface area (Å²) in [5.74, 6) is -8.44. The first kappa shape index (κ1) is 24.5. The van der Waals surface area contributed by atoms with Gasteiger partial charge in [-0.25, -0.2) is 19.3 Å². The third kappa shape index (κ3) is 5.30. The van der Waals surface area contributed by atoms with Gasteiger partial charge >= 0.3 is 30.3 Å². The molecular weight excluding hydrogens is 430 g/mol. The van der Waals surface area contributed by atoms with Crippen LogP contribution in [0.2, 0.25) is 0 Å². The zero-order valence-electron chi connectivity index (χ0n) is 15.4. The summed E-state index contributed by atoms with van der Waals surface area (Å²) in [5.41, 5.74) is 3.97. The number of amides is 2. The van der Waals surface area contributed by atoms with Gasteiger partial charge in [-0.3, -0.25) is 5.41 Å². The Labute approximate surface area is 164 Å². The van der Waals surface area contributed by atoms with Gasteiger partial charge in [0.1, 0.15) is 11.5 Å². The van der Waals surface area contributed by atoms with Crippen LogP contribution in [-0.2, 0) is 9.59 Å². The molecule has 0 radical (unpaired) electrons. The first-order valence-electron chi connectivity index (χ1n) is 7.60. The molecule has 0 fully saturated rings. The van der Waals surface area contributed by atoms with E-state index in [1.165, 1.54) is 0 Å². The molecule has 0 saturated carbocycles. The van der Waals surface area contributed by atoms with E-state index in [0.717, 1.165) is 20.9 Å². The van der Waals surface area contributed by atoms with Crippen molar-refractivity contribution in [2.45, 2.75) is 26.2 Å². The van der Waals surface area contributed by atoms with Gasteiger partial charge in [-0.2, -0.15) is 26.3 Å². The van der Waals surface area contributed by atoms with Crippen LogP contribution < -0.4 is 25.4 Å². The van der Waals surface area contributed by atoms with E-state index < -0.39 is 64.6 Å². The number of alkyl halides is 6. The largest absolute Gasteiger partial charge is 0.491 e. The van der Waals surface area contributed by atoms with Gasteiger partial charge in [0.05, 0.1) is 5.69 Å². The predicted octanol–water partition coefficient (Wildman–Crippen LogP) is 2.28. The number of guanidine groups is 1. The molecule has 0 spiro atoms. The highest BCUT2D eigenvalue weighted by Gasteiger charge is 2.43. The molecule has 2 amide bonds. The number of urea groups is 1. The lowest BCUT2D eigenvalue weighted by Gasteiger charge is -2.26. The molecule has 30 heavy (non-hydrogen) atoms. The van der Waals surface area contributed by atoms with Gasteiger partial charge in [0.2, 0.25) is 5.96 Å². The number of nitrogens with one attached hydrogen (secondary N) is 2. The Hall–Kier alpha value is -3.52. The number of benzene rings is 1. The van der Waals surface area contributed by atoms with Gasteiger partial charge in [-0.15, -0.1) is 0 Å². The zero-order chi connectivity index (χ0) is 23.6. The van der Waals surface area contributed by atoms with Crippen LogP contribution in [0, 0.1) is 19.3 Å². The minimum Gasteiger partial charge on any atom is -0.419 e. The Kier molecular flexibility index (Phi) is 6.92. The average Bonchev–Trinajstić information content (AvgIpc) is 2.59. The summed E-state index contributed by atoms with van der Waals surface area (Å²) < 4.78 is 83.6. The summed E-state index contributed by atoms with van der Waals surface area (Å²) in [6, 6.07) is -0.676. The summed E-state index contributed by atoms with van der Waals surface area (Å²) in [5, 5.41) is 9.57. The lowest BCUT2D eigenvalue weighted by molar-refractivity contribution is -0.190. The van der Waals surface area contributed by atoms with Crippen molar-refractivity contribution in [1.82, 2.24) is 5.32 Å². The molecule has 0 heterocycles. The van der Waals surface area contributed by atoms with E-state index in [2.05, 4.69) is 14.8 Å². The number of carbonyl (C=O) groups excluding carboxylic acids is 3. The molecular formula is C15H14F6N4O5. The van der Waals surface area contributed by atoms with Crippen molar-refractivity contribution in [3.05, 3.63) is 17.2 Å². The van der Waals surface area contributed by atoms with Crippen LogP contribution in [0.25, 0.3) is 0 Å². The maximum atomic E-state index is 12.5. The maximum Gasteiger partial charge on any atom is 0.491 e.